The normalized spacial score (nSPS) is 23.6. The first kappa shape index (κ1) is 32.9. The maximum Gasteiger partial charge on any atom is 0.254 e. The third-order valence-corrected chi connectivity index (χ3v) is 8.72. The van der Waals surface area contributed by atoms with Crippen LogP contribution in [0.4, 0.5) is 0 Å². The van der Waals surface area contributed by atoms with Crippen LogP contribution in [0.2, 0.25) is 5.02 Å². The number of halogens is 1. The summed E-state index contributed by atoms with van der Waals surface area (Å²) in [4.78, 5) is 49.4. The van der Waals surface area contributed by atoms with Crippen molar-refractivity contribution in [1.29, 1.82) is 0 Å². The van der Waals surface area contributed by atoms with Gasteiger partial charge in [0, 0.05) is 31.1 Å². The van der Waals surface area contributed by atoms with Gasteiger partial charge in [-0.25, -0.2) is 4.99 Å². The molecule has 0 aromatic heterocycles. The number of nitrogens with zero attached hydrogens (tertiary/aromatic N) is 3. The van der Waals surface area contributed by atoms with Crippen molar-refractivity contribution in [3.63, 3.8) is 0 Å². The molecule has 2 saturated heterocycles. The number of benzene rings is 2. The number of hydrogen-bond donors (Lipinski definition) is 2. The number of carbonyl (C=O) groups is 3. The van der Waals surface area contributed by atoms with Gasteiger partial charge in [0.2, 0.25) is 17.7 Å². The predicted molar refractivity (Wildman–Crippen MR) is 170 cm³/mol. The highest BCUT2D eigenvalue weighted by atomic mass is 35.5. The standard InChI is InChI=1S/C33H42ClN5O6/c1-22(35)29(40)36-28(23(2)44-20-24-8-4-3-5-9-24)31(41)39-13-7-12-27(39)30-37-33(21-45-30,19-25-10-6-11-26(34)18-25)32(42)38-14-16-43-17-15-38/h3-6,8-11,18,22-23,27-28H,7,12-17,19-21,35H2,1-2H3,(H,36,40)/t22?,23?,27?,28?,33-/m1/s1. The number of nitrogens with two attached hydrogens (primary N) is 1. The number of rotatable bonds is 11. The first-order valence-electron chi connectivity index (χ1n) is 15.5. The minimum Gasteiger partial charge on any atom is -0.476 e. The number of ether oxygens (including phenoxy) is 3. The average Bonchev–Trinajstić information content (AvgIpc) is 3.71. The molecule has 0 saturated carbocycles. The van der Waals surface area contributed by atoms with E-state index in [1.807, 2.05) is 48.5 Å². The molecule has 242 valence electrons. The lowest BCUT2D eigenvalue weighted by Crippen LogP contribution is -2.58. The topological polar surface area (TPSA) is 136 Å². The predicted octanol–water partition coefficient (Wildman–Crippen LogP) is 2.34. The van der Waals surface area contributed by atoms with Crippen LogP contribution in [0.1, 0.15) is 37.8 Å². The summed E-state index contributed by atoms with van der Waals surface area (Å²) in [6.07, 6.45) is 0.963. The zero-order valence-corrected chi connectivity index (χ0v) is 26.6. The van der Waals surface area contributed by atoms with Crippen LogP contribution in [0.15, 0.2) is 59.6 Å². The number of carbonyl (C=O) groups excluding carboxylic acids is 3. The van der Waals surface area contributed by atoms with Crippen molar-refractivity contribution in [3.8, 4) is 0 Å². The summed E-state index contributed by atoms with van der Waals surface area (Å²) >= 11 is 6.29. The Morgan fingerprint density at radius 1 is 1.09 bits per heavy atom. The highest BCUT2D eigenvalue weighted by Crippen LogP contribution is 2.32. The van der Waals surface area contributed by atoms with E-state index < -0.39 is 35.7 Å². The van der Waals surface area contributed by atoms with E-state index in [4.69, 9.17) is 36.5 Å². The molecule has 3 heterocycles. The van der Waals surface area contributed by atoms with E-state index in [1.54, 1.807) is 29.7 Å². The van der Waals surface area contributed by atoms with Gasteiger partial charge in [-0.15, -0.1) is 0 Å². The van der Waals surface area contributed by atoms with Crippen LogP contribution in [-0.4, -0.2) is 103 Å². The lowest BCUT2D eigenvalue weighted by atomic mass is 9.90. The highest BCUT2D eigenvalue weighted by Gasteiger charge is 2.50. The molecule has 45 heavy (non-hydrogen) atoms. The van der Waals surface area contributed by atoms with Gasteiger partial charge in [-0.05, 0) is 49.9 Å². The van der Waals surface area contributed by atoms with Crippen molar-refractivity contribution < 1.29 is 28.6 Å². The molecule has 0 spiro atoms. The molecule has 2 aromatic carbocycles. The summed E-state index contributed by atoms with van der Waals surface area (Å²) in [5, 5.41) is 3.38. The molecule has 2 fully saturated rings. The molecule has 5 rings (SSSR count). The third kappa shape index (κ3) is 7.84. The van der Waals surface area contributed by atoms with Crippen molar-refractivity contribution in [1.82, 2.24) is 15.1 Å². The number of hydrogen-bond acceptors (Lipinski definition) is 8. The van der Waals surface area contributed by atoms with Crippen molar-refractivity contribution in [2.45, 2.75) is 69.5 Å². The van der Waals surface area contributed by atoms with Crippen LogP contribution in [0.5, 0.6) is 0 Å². The number of morpholine rings is 1. The van der Waals surface area contributed by atoms with E-state index in [2.05, 4.69) is 5.32 Å². The minimum absolute atomic E-state index is 0.0466. The Morgan fingerprint density at radius 2 is 1.82 bits per heavy atom. The fourth-order valence-electron chi connectivity index (χ4n) is 5.99. The summed E-state index contributed by atoms with van der Waals surface area (Å²) in [6, 6.07) is 14.7. The maximum atomic E-state index is 14.2. The monoisotopic (exact) mass is 639 g/mol. The van der Waals surface area contributed by atoms with Gasteiger partial charge >= 0.3 is 0 Å². The zero-order chi connectivity index (χ0) is 32.0. The fourth-order valence-corrected chi connectivity index (χ4v) is 6.20. The third-order valence-electron chi connectivity index (χ3n) is 8.49. The SMILES string of the molecule is CC(N)C(=O)NC(C(=O)N1CCCC1C1=N[C@@](Cc2cccc(Cl)c2)(C(=O)N2CCOCC2)CO1)C(C)OCc1ccccc1. The number of likely N-dealkylation sites (tertiary alicyclic amines) is 1. The summed E-state index contributed by atoms with van der Waals surface area (Å²) in [7, 11) is 0. The number of amides is 3. The molecule has 3 aliphatic heterocycles. The van der Waals surface area contributed by atoms with Gasteiger partial charge < -0.3 is 35.1 Å². The van der Waals surface area contributed by atoms with Gasteiger partial charge in [0.25, 0.3) is 5.91 Å². The van der Waals surface area contributed by atoms with Gasteiger partial charge in [0.15, 0.2) is 5.54 Å². The van der Waals surface area contributed by atoms with Crippen molar-refractivity contribution >= 4 is 35.2 Å². The minimum atomic E-state index is -1.21. The summed E-state index contributed by atoms with van der Waals surface area (Å²) in [5.74, 6) is -0.558. The van der Waals surface area contributed by atoms with Crippen LogP contribution in [-0.2, 0) is 41.6 Å². The van der Waals surface area contributed by atoms with Gasteiger partial charge in [-0.2, -0.15) is 0 Å². The second kappa shape index (κ2) is 14.7. The molecule has 3 amide bonds. The number of nitrogens with one attached hydrogen (secondary N) is 1. The summed E-state index contributed by atoms with van der Waals surface area (Å²) < 4.78 is 17.8. The Balaban J connectivity index is 1.39. The van der Waals surface area contributed by atoms with Gasteiger partial charge in [0.1, 0.15) is 18.7 Å². The molecule has 0 bridgehead atoms. The Kier molecular flexibility index (Phi) is 10.8. The molecule has 0 aliphatic carbocycles. The van der Waals surface area contributed by atoms with Crippen molar-refractivity contribution in [3.05, 3.63) is 70.7 Å². The van der Waals surface area contributed by atoms with E-state index in [0.717, 1.165) is 11.1 Å². The molecule has 0 radical (unpaired) electrons. The summed E-state index contributed by atoms with van der Waals surface area (Å²) in [6.45, 7) is 5.95. The van der Waals surface area contributed by atoms with Crippen molar-refractivity contribution in [2.75, 3.05) is 39.5 Å². The molecule has 11 nitrogen and oxygen atoms in total. The van der Waals surface area contributed by atoms with Crippen LogP contribution in [0.25, 0.3) is 0 Å². The van der Waals surface area contributed by atoms with Gasteiger partial charge in [-0.3, -0.25) is 14.4 Å². The summed E-state index contributed by atoms with van der Waals surface area (Å²) in [5.41, 5.74) is 6.46. The lowest BCUT2D eigenvalue weighted by molar-refractivity contribution is -0.142. The molecular weight excluding hydrogens is 598 g/mol. The first-order chi connectivity index (χ1) is 21.7. The van der Waals surface area contributed by atoms with Crippen LogP contribution >= 0.6 is 11.6 Å². The molecule has 3 aliphatic rings. The second-order valence-corrected chi connectivity index (χ2v) is 12.4. The second-order valence-electron chi connectivity index (χ2n) is 11.9. The van der Waals surface area contributed by atoms with Crippen LogP contribution in [0.3, 0.4) is 0 Å². The van der Waals surface area contributed by atoms with E-state index in [9.17, 15) is 14.4 Å². The van der Waals surface area contributed by atoms with E-state index in [-0.39, 0.29) is 25.0 Å². The molecule has 12 heteroatoms. The Morgan fingerprint density at radius 3 is 2.53 bits per heavy atom. The largest absolute Gasteiger partial charge is 0.476 e. The Hall–Kier alpha value is -3.51. The van der Waals surface area contributed by atoms with Crippen LogP contribution in [0, 0.1) is 0 Å². The van der Waals surface area contributed by atoms with Crippen LogP contribution < -0.4 is 11.1 Å². The molecule has 3 N–H and O–H groups in total. The molecule has 5 atom stereocenters. The van der Waals surface area contributed by atoms with E-state index in [0.29, 0.717) is 63.0 Å². The lowest BCUT2D eigenvalue weighted by Gasteiger charge is -2.33. The van der Waals surface area contributed by atoms with Gasteiger partial charge in [0.05, 0.1) is 32.0 Å². The molecular formula is C33H42ClN5O6. The number of aliphatic imine (C=N–C) groups is 1. The maximum absolute atomic E-state index is 14.2. The quantitative estimate of drug-likeness (QED) is 0.385. The van der Waals surface area contributed by atoms with Gasteiger partial charge in [-0.1, -0.05) is 54.1 Å². The average molecular weight is 640 g/mol. The zero-order valence-electron chi connectivity index (χ0n) is 25.8. The van der Waals surface area contributed by atoms with Crippen molar-refractivity contribution in [2.24, 2.45) is 10.7 Å². The Bertz CT molecular complexity index is 1380. The van der Waals surface area contributed by atoms with E-state index >= 15 is 0 Å². The highest BCUT2D eigenvalue weighted by molar-refractivity contribution is 6.30. The Labute approximate surface area is 269 Å². The first-order valence-corrected chi connectivity index (χ1v) is 15.9. The fraction of sp³-hybridized carbons (Fsp3) is 0.515. The molecule has 4 unspecified atom stereocenters. The smallest absolute Gasteiger partial charge is 0.254 e. The molecule has 2 aromatic rings. The van der Waals surface area contributed by atoms with E-state index in [1.165, 1.54) is 0 Å².